The summed E-state index contributed by atoms with van der Waals surface area (Å²) in [4.78, 5) is 0. The lowest BCUT2D eigenvalue weighted by Crippen LogP contribution is -2.54. The predicted molar refractivity (Wildman–Crippen MR) is 71.4 cm³/mol. The van der Waals surface area contributed by atoms with Gasteiger partial charge in [0.2, 0.25) is 0 Å². The summed E-state index contributed by atoms with van der Waals surface area (Å²) in [6.07, 6.45) is 2.99. The molecule has 106 valence electrons. The van der Waals surface area contributed by atoms with Gasteiger partial charge >= 0.3 is 0 Å². The fourth-order valence-corrected chi connectivity index (χ4v) is 3.57. The van der Waals surface area contributed by atoms with Crippen LogP contribution in [0.4, 0.5) is 0 Å². The second-order valence-corrected chi connectivity index (χ2v) is 6.46. The average molecular weight is 256 g/mol. The van der Waals surface area contributed by atoms with Crippen molar-refractivity contribution in [3.63, 3.8) is 0 Å². The van der Waals surface area contributed by atoms with E-state index in [1.807, 2.05) is 0 Å². The Labute approximate surface area is 111 Å². The van der Waals surface area contributed by atoms with Crippen molar-refractivity contribution in [1.82, 2.24) is 0 Å². The number of ether oxygens (including phenoxy) is 3. The highest BCUT2D eigenvalue weighted by Gasteiger charge is 2.52. The quantitative estimate of drug-likeness (QED) is 0.773. The van der Waals surface area contributed by atoms with Crippen LogP contribution < -0.4 is 0 Å². The second kappa shape index (κ2) is 5.48. The summed E-state index contributed by atoms with van der Waals surface area (Å²) in [7, 11) is 0. The molecule has 0 aromatic rings. The lowest BCUT2D eigenvalue weighted by molar-refractivity contribution is -0.137. The molecule has 0 aromatic heterocycles. The molecule has 3 heteroatoms. The molecule has 5 atom stereocenters. The van der Waals surface area contributed by atoms with E-state index in [4.69, 9.17) is 14.2 Å². The molecule has 1 aliphatic heterocycles. The van der Waals surface area contributed by atoms with Crippen molar-refractivity contribution in [2.75, 3.05) is 13.4 Å². The summed E-state index contributed by atoms with van der Waals surface area (Å²) in [6.45, 7) is 12.5. The molecule has 1 heterocycles. The van der Waals surface area contributed by atoms with Gasteiger partial charge in [-0.3, -0.25) is 0 Å². The van der Waals surface area contributed by atoms with Crippen molar-refractivity contribution < 1.29 is 14.2 Å². The summed E-state index contributed by atoms with van der Waals surface area (Å²) in [5.41, 5.74) is 0.227. The van der Waals surface area contributed by atoms with Gasteiger partial charge in [0.1, 0.15) is 6.79 Å². The van der Waals surface area contributed by atoms with Crippen LogP contribution in [0.1, 0.15) is 47.5 Å². The van der Waals surface area contributed by atoms with E-state index < -0.39 is 0 Å². The number of hydrogen-bond donors (Lipinski definition) is 0. The Kier molecular flexibility index (Phi) is 4.35. The Morgan fingerprint density at radius 1 is 1.22 bits per heavy atom. The SMILES string of the molecule is CCOC1C(C)CC2OCOC2C1C(C)(C)CC. The van der Waals surface area contributed by atoms with E-state index in [2.05, 4.69) is 34.6 Å². The molecule has 0 spiro atoms. The van der Waals surface area contributed by atoms with Crippen molar-refractivity contribution in [1.29, 1.82) is 0 Å². The lowest BCUT2D eigenvalue weighted by Gasteiger charge is -2.48. The van der Waals surface area contributed by atoms with Gasteiger partial charge in [0.05, 0.1) is 18.3 Å². The maximum absolute atomic E-state index is 6.07. The molecular weight excluding hydrogens is 228 g/mol. The minimum absolute atomic E-state index is 0.215. The van der Waals surface area contributed by atoms with Gasteiger partial charge in [0.25, 0.3) is 0 Å². The van der Waals surface area contributed by atoms with Crippen molar-refractivity contribution in [3.05, 3.63) is 0 Å². The Bertz CT molecular complexity index is 277. The van der Waals surface area contributed by atoms with Gasteiger partial charge in [-0.05, 0) is 24.7 Å². The van der Waals surface area contributed by atoms with Crippen LogP contribution in [0.15, 0.2) is 0 Å². The first-order valence-corrected chi connectivity index (χ1v) is 7.36. The third-order valence-corrected chi connectivity index (χ3v) is 4.95. The minimum Gasteiger partial charge on any atom is -0.378 e. The van der Waals surface area contributed by atoms with Crippen LogP contribution in [-0.2, 0) is 14.2 Å². The molecule has 1 saturated carbocycles. The van der Waals surface area contributed by atoms with Crippen LogP contribution in [0, 0.1) is 17.3 Å². The standard InChI is InChI=1S/C15H28O3/c1-6-15(4,5)12-13(16-7-2)10(3)8-11-14(12)18-9-17-11/h10-14H,6-9H2,1-5H3. The van der Waals surface area contributed by atoms with Gasteiger partial charge in [-0.15, -0.1) is 0 Å². The largest absolute Gasteiger partial charge is 0.378 e. The van der Waals surface area contributed by atoms with E-state index in [0.29, 0.717) is 24.7 Å². The molecule has 5 unspecified atom stereocenters. The van der Waals surface area contributed by atoms with Crippen molar-refractivity contribution in [2.24, 2.45) is 17.3 Å². The molecule has 1 aliphatic carbocycles. The zero-order valence-electron chi connectivity index (χ0n) is 12.4. The first-order valence-electron chi connectivity index (χ1n) is 7.36. The van der Waals surface area contributed by atoms with Gasteiger partial charge < -0.3 is 14.2 Å². The normalized spacial score (nSPS) is 40.8. The lowest BCUT2D eigenvalue weighted by atomic mass is 9.63. The Hall–Kier alpha value is -0.120. The first kappa shape index (κ1) is 14.3. The molecule has 0 N–H and O–H groups in total. The summed E-state index contributed by atoms with van der Waals surface area (Å²) in [6, 6.07) is 0. The van der Waals surface area contributed by atoms with Crippen molar-refractivity contribution in [2.45, 2.75) is 65.8 Å². The molecule has 3 nitrogen and oxygen atoms in total. The molecule has 0 amide bonds. The fraction of sp³-hybridized carbons (Fsp3) is 1.00. The molecule has 18 heavy (non-hydrogen) atoms. The highest BCUT2D eigenvalue weighted by atomic mass is 16.7. The Morgan fingerprint density at radius 3 is 2.56 bits per heavy atom. The molecule has 0 aromatic carbocycles. The smallest absolute Gasteiger partial charge is 0.147 e. The minimum atomic E-state index is 0.215. The first-order chi connectivity index (χ1) is 8.51. The van der Waals surface area contributed by atoms with Crippen LogP contribution in [0.25, 0.3) is 0 Å². The van der Waals surface area contributed by atoms with E-state index in [1.54, 1.807) is 0 Å². The van der Waals surface area contributed by atoms with Crippen LogP contribution in [0.5, 0.6) is 0 Å². The molecule has 2 rings (SSSR count). The third kappa shape index (κ3) is 2.45. The summed E-state index contributed by atoms with van der Waals surface area (Å²) in [5.74, 6) is 0.974. The molecule has 0 bridgehead atoms. The zero-order chi connectivity index (χ0) is 13.3. The maximum Gasteiger partial charge on any atom is 0.147 e. The van der Waals surface area contributed by atoms with Gasteiger partial charge in [-0.2, -0.15) is 0 Å². The Balaban J connectivity index is 2.26. The zero-order valence-corrected chi connectivity index (χ0v) is 12.4. The highest BCUT2D eigenvalue weighted by Crippen LogP contribution is 2.47. The van der Waals surface area contributed by atoms with Gasteiger partial charge in [-0.1, -0.05) is 34.1 Å². The topological polar surface area (TPSA) is 27.7 Å². The molecule has 1 saturated heterocycles. The maximum atomic E-state index is 6.07. The van der Waals surface area contributed by atoms with Crippen LogP contribution in [-0.4, -0.2) is 31.7 Å². The van der Waals surface area contributed by atoms with Crippen LogP contribution in [0.3, 0.4) is 0 Å². The highest BCUT2D eigenvalue weighted by molar-refractivity contribution is 5.00. The molecular formula is C15H28O3. The number of hydrogen-bond acceptors (Lipinski definition) is 3. The summed E-state index contributed by atoms with van der Waals surface area (Å²) >= 11 is 0. The van der Waals surface area contributed by atoms with E-state index in [-0.39, 0.29) is 17.6 Å². The van der Waals surface area contributed by atoms with E-state index in [0.717, 1.165) is 19.4 Å². The van der Waals surface area contributed by atoms with E-state index in [1.165, 1.54) is 0 Å². The monoisotopic (exact) mass is 256 g/mol. The summed E-state index contributed by atoms with van der Waals surface area (Å²) < 4.78 is 17.7. The van der Waals surface area contributed by atoms with Crippen LogP contribution >= 0.6 is 0 Å². The van der Waals surface area contributed by atoms with Gasteiger partial charge in [0, 0.05) is 12.5 Å². The second-order valence-electron chi connectivity index (χ2n) is 6.46. The van der Waals surface area contributed by atoms with Gasteiger partial charge in [-0.25, -0.2) is 0 Å². The van der Waals surface area contributed by atoms with Crippen molar-refractivity contribution in [3.8, 4) is 0 Å². The molecule has 0 radical (unpaired) electrons. The van der Waals surface area contributed by atoms with Gasteiger partial charge in [0.15, 0.2) is 0 Å². The summed E-state index contributed by atoms with van der Waals surface area (Å²) in [5, 5.41) is 0. The third-order valence-electron chi connectivity index (χ3n) is 4.95. The molecule has 2 aliphatic rings. The van der Waals surface area contributed by atoms with E-state index in [9.17, 15) is 0 Å². The van der Waals surface area contributed by atoms with E-state index >= 15 is 0 Å². The van der Waals surface area contributed by atoms with Crippen LogP contribution in [0.2, 0.25) is 0 Å². The van der Waals surface area contributed by atoms with Crippen molar-refractivity contribution >= 4 is 0 Å². The predicted octanol–water partition coefficient (Wildman–Crippen LogP) is 3.23. The number of fused-ring (bicyclic) bond motifs is 1. The fourth-order valence-electron chi connectivity index (χ4n) is 3.57. The number of rotatable bonds is 4. The molecule has 2 fully saturated rings. The average Bonchev–Trinajstić information content (AvgIpc) is 2.77. The Morgan fingerprint density at radius 2 is 1.94 bits per heavy atom.